The molecule has 0 saturated carbocycles. The Balaban J connectivity index is 0. The summed E-state index contributed by atoms with van der Waals surface area (Å²) in [5, 5.41) is 15.6. The summed E-state index contributed by atoms with van der Waals surface area (Å²) in [5.74, 6) is -2.76. The van der Waals surface area contributed by atoms with Crippen LogP contribution in [0.25, 0.3) is 0 Å². The summed E-state index contributed by atoms with van der Waals surface area (Å²) in [6, 6.07) is 0. The van der Waals surface area contributed by atoms with E-state index in [1.54, 1.807) is 13.0 Å². The second-order valence-corrected chi connectivity index (χ2v) is 3.55. The molecule has 1 atom stereocenters. The predicted molar refractivity (Wildman–Crippen MR) is 69.7 cm³/mol. The summed E-state index contributed by atoms with van der Waals surface area (Å²) < 4.78 is 5.01. The Hall–Kier alpha value is -2.11. The van der Waals surface area contributed by atoms with Crippen molar-refractivity contribution in [3.05, 3.63) is 24.3 Å². The van der Waals surface area contributed by atoms with Gasteiger partial charge in [-0.15, -0.1) is 0 Å². The zero-order valence-corrected chi connectivity index (χ0v) is 11.3. The number of carbonyl (C=O) groups is 3. The fourth-order valence-corrected chi connectivity index (χ4v) is 0.982. The van der Waals surface area contributed by atoms with E-state index in [9.17, 15) is 14.4 Å². The summed E-state index contributed by atoms with van der Waals surface area (Å²) in [6.45, 7) is 5.77. The quantitative estimate of drug-likeness (QED) is 0.566. The third-order valence-corrected chi connectivity index (χ3v) is 1.68. The molecule has 0 heterocycles. The number of carboxylic acid groups (broad SMARTS) is 2. The summed E-state index contributed by atoms with van der Waals surface area (Å²) in [7, 11) is 0. The monoisotopic (exact) mass is 272 g/mol. The Morgan fingerprint density at radius 1 is 1.11 bits per heavy atom. The average molecular weight is 272 g/mol. The van der Waals surface area contributed by atoms with Gasteiger partial charge in [-0.3, -0.25) is 0 Å². The molecule has 6 nitrogen and oxygen atoms in total. The van der Waals surface area contributed by atoms with Crippen LogP contribution in [-0.2, 0) is 19.1 Å². The highest BCUT2D eigenvalue weighted by atomic mass is 16.5. The molecule has 0 aliphatic rings. The van der Waals surface area contributed by atoms with Gasteiger partial charge in [0.1, 0.15) is 0 Å². The smallest absolute Gasteiger partial charge is 0.330 e. The predicted octanol–water partition coefficient (Wildman–Crippen LogP) is 2.01. The second kappa shape index (κ2) is 12.3. The van der Waals surface area contributed by atoms with Gasteiger partial charge in [0.05, 0.1) is 6.10 Å². The Labute approximate surface area is 112 Å². The number of rotatable bonds is 6. The van der Waals surface area contributed by atoms with E-state index in [-0.39, 0.29) is 12.1 Å². The van der Waals surface area contributed by atoms with Crippen molar-refractivity contribution in [2.24, 2.45) is 0 Å². The molecule has 0 aromatic heterocycles. The lowest BCUT2D eigenvalue weighted by Gasteiger charge is -2.09. The lowest BCUT2D eigenvalue weighted by atomic mass is 10.2. The molecule has 0 radical (unpaired) electrons. The van der Waals surface area contributed by atoms with Crippen molar-refractivity contribution in [1.29, 1.82) is 0 Å². The fourth-order valence-electron chi connectivity index (χ4n) is 0.982. The molecule has 0 aromatic rings. The largest absolute Gasteiger partial charge is 0.478 e. The van der Waals surface area contributed by atoms with Crippen molar-refractivity contribution in [3.8, 4) is 0 Å². The lowest BCUT2D eigenvalue weighted by molar-refractivity contribution is -0.142. The van der Waals surface area contributed by atoms with Gasteiger partial charge < -0.3 is 14.9 Å². The van der Waals surface area contributed by atoms with Gasteiger partial charge in [0.2, 0.25) is 0 Å². The molecule has 0 aliphatic heterocycles. The number of aliphatic carboxylic acids is 2. The first-order valence-electron chi connectivity index (χ1n) is 5.80. The van der Waals surface area contributed by atoms with Crippen LogP contribution in [0.5, 0.6) is 0 Å². The molecule has 2 N–H and O–H groups in total. The van der Waals surface area contributed by atoms with Crippen LogP contribution in [0, 0.1) is 0 Å². The van der Waals surface area contributed by atoms with Gasteiger partial charge in [-0.05, 0) is 20.3 Å². The van der Waals surface area contributed by atoms with Crippen molar-refractivity contribution in [3.63, 3.8) is 0 Å². The van der Waals surface area contributed by atoms with Gasteiger partial charge in [-0.25, -0.2) is 14.4 Å². The maximum atomic E-state index is 10.8. The zero-order chi connectivity index (χ0) is 15.3. The van der Waals surface area contributed by atoms with E-state index in [4.69, 9.17) is 14.9 Å². The van der Waals surface area contributed by atoms with E-state index in [2.05, 4.69) is 6.92 Å². The number of hydrogen-bond acceptors (Lipinski definition) is 4. The molecule has 6 heteroatoms. The number of hydrogen-bond donors (Lipinski definition) is 2. The zero-order valence-electron chi connectivity index (χ0n) is 11.3. The van der Waals surface area contributed by atoms with Crippen molar-refractivity contribution in [2.45, 2.75) is 39.7 Å². The van der Waals surface area contributed by atoms with Gasteiger partial charge >= 0.3 is 17.9 Å². The summed E-state index contributed by atoms with van der Waals surface area (Å²) in [5.41, 5.74) is 0. The third kappa shape index (κ3) is 18.5. The van der Waals surface area contributed by atoms with E-state index >= 15 is 0 Å². The molecule has 0 amide bonds. The van der Waals surface area contributed by atoms with Crippen molar-refractivity contribution < 1.29 is 29.3 Å². The molecule has 108 valence electrons. The molecule has 0 aromatic carbocycles. The first kappa shape index (κ1) is 19.2. The lowest BCUT2D eigenvalue weighted by Crippen LogP contribution is -2.12. The molecular formula is C13H20O6. The normalized spacial score (nSPS) is 11.7. The minimum absolute atomic E-state index is 0.0451. The van der Waals surface area contributed by atoms with Crippen LogP contribution < -0.4 is 0 Å². The van der Waals surface area contributed by atoms with Crippen molar-refractivity contribution >= 4 is 17.9 Å². The van der Waals surface area contributed by atoms with E-state index in [1.165, 1.54) is 6.08 Å². The molecule has 0 saturated heterocycles. The van der Waals surface area contributed by atoms with E-state index in [1.807, 2.05) is 6.92 Å². The molecule has 19 heavy (non-hydrogen) atoms. The Kier molecular flexibility index (Phi) is 12.5. The van der Waals surface area contributed by atoms with Crippen LogP contribution in [-0.4, -0.2) is 34.2 Å². The highest BCUT2D eigenvalue weighted by molar-refractivity contribution is 5.89. The Morgan fingerprint density at radius 2 is 1.58 bits per heavy atom. The fraction of sp³-hybridized carbons (Fsp3) is 0.462. The van der Waals surface area contributed by atoms with Crippen LogP contribution in [0.3, 0.4) is 0 Å². The van der Waals surface area contributed by atoms with Gasteiger partial charge in [-0.1, -0.05) is 19.4 Å². The summed E-state index contributed by atoms with van der Waals surface area (Å²) in [6.07, 6.45) is 6.26. The number of carboxylic acids is 2. The number of esters is 1. The maximum absolute atomic E-state index is 10.8. The Bertz CT molecular complexity index is 327. The van der Waals surface area contributed by atoms with Gasteiger partial charge in [-0.2, -0.15) is 0 Å². The van der Waals surface area contributed by atoms with E-state index < -0.39 is 11.9 Å². The molecule has 1 unspecified atom stereocenters. The number of allylic oxidation sites excluding steroid dienone is 1. The highest BCUT2D eigenvalue weighted by Gasteiger charge is 2.03. The van der Waals surface area contributed by atoms with Crippen LogP contribution in [0.1, 0.15) is 33.6 Å². The highest BCUT2D eigenvalue weighted by Crippen LogP contribution is 2.00. The standard InChI is InChI=1S/C9H16O2.C4H4O4/c1-4-6-8(3)11-9(10)7-5-2;5-3(6)1-2-4(7)8/h5,7-8H,4,6H2,1-3H3;1-2H,(H,5,6)(H,7,8)/b;2-1+. The average Bonchev–Trinajstić information content (AvgIpc) is 2.27. The van der Waals surface area contributed by atoms with Gasteiger partial charge in [0.25, 0.3) is 0 Å². The van der Waals surface area contributed by atoms with Crippen LogP contribution in [0.4, 0.5) is 0 Å². The third-order valence-electron chi connectivity index (χ3n) is 1.68. The molecule has 0 rings (SSSR count). The molecule has 0 spiro atoms. The number of carbonyl (C=O) groups excluding carboxylic acids is 1. The Morgan fingerprint density at radius 3 is 1.89 bits per heavy atom. The molecule has 0 bridgehead atoms. The second-order valence-electron chi connectivity index (χ2n) is 3.55. The summed E-state index contributed by atoms with van der Waals surface area (Å²) in [4.78, 5) is 29.9. The van der Waals surface area contributed by atoms with E-state index in [0.29, 0.717) is 12.2 Å². The molecule has 0 aliphatic carbocycles. The van der Waals surface area contributed by atoms with Crippen LogP contribution in [0.15, 0.2) is 24.3 Å². The molecular weight excluding hydrogens is 252 g/mol. The summed E-state index contributed by atoms with van der Waals surface area (Å²) >= 11 is 0. The van der Waals surface area contributed by atoms with Crippen LogP contribution >= 0.6 is 0 Å². The topological polar surface area (TPSA) is 101 Å². The minimum atomic E-state index is -1.26. The van der Waals surface area contributed by atoms with Gasteiger partial charge in [0, 0.05) is 18.2 Å². The SMILES string of the molecule is CC=CC(=O)OC(C)CCC.O=C(O)/C=C/C(=O)O. The number of ether oxygens (including phenoxy) is 1. The molecule has 0 fully saturated rings. The minimum Gasteiger partial charge on any atom is -0.478 e. The maximum Gasteiger partial charge on any atom is 0.330 e. The first-order valence-corrected chi connectivity index (χ1v) is 5.80. The van der Waals surface area contributed by atoms with E-state index in [0.717, 1.165) is 12.8 Å². The first-order chi connectivity index (χ1) is 8.83. The van der Waals surface area contributed by atoms with Gasteiger partial charge in [0.15, 0.2) is 0 Å². The van der Waals surface area contributed by atoms with Crippen LogP contribution in [0.2, 0.25) is 0 Å². The van der Waals surface area contributed by atoms with Crippen molar-refractivity contribution in [1.82, 2.24) is 0 Å². The van der Waals surface area contributed by atoms with Crippen molar-refractivity contribution in [2.75, 3.05) is 0 Å².